The van der Waals surface area contributed by atoms with Crippen LogP contribution in [-0.4, -0.2) is 17.6 Å². The van der Waals surface area contributed by atoms with Gasteiger partial charge >= 0.3 is 5.97 Å². The lowest BCUT2D eigenvalue weighted by Crippen LogP contribution is -2.08. The van der Waals surface area contributed by atoms with Crippen LogP contribution in [0.5, 0.6) is 0 Å². The minimum Gasteiger partial charge on any atom is -0.462 e. The Bertz CT molecular complexity index is 310. The molecule has 0 saturated heterocycles. The molecule has 0 atom stereocenters. The Labute approximate surface area is 94.6 Å². The van der Waals surface area contributed by atoms with Crippen LogP contribution in [0.3, 0.4) is 0 Å². The summed E-state index contributed by atoms with van der Waals surface area (Å²) < 4.78 is 5.57. The first-order valence-electron chi connectivity index (χ1n) is 3.64. The van der Waals surface area contributed by atoms with E-state index in [2.05, 4.69) is 4.98 Å². The summed E-state index contributed by atoms with van der Waals surface area (Å²) in [5, 5.41) is 0.186. The molecule has 1 rings (SSSR count). The summed E-state index contributed by atoms with van der Waals surface area (Å²) in [6, 6.07) is 1.71. The van der Waals surface area contributed by atoms with Crippen molar-refractivity contribution in [2.75, 3.05) is 6.61 Å². The van der Waals surface area contributed by atoms with E-state index in [9.17, 15) is 4.79 Å². The lowest BCUT2D eigenvalue weighted by Gasteiger charge is -2.04. The molecule has 0 fully saturated rings. The number of hydrogen-bond donors (Lipinski definition) is 0. The molecule has 1 heterocycles. The SMILES string of the molecule is CCOC(=O)c1c(I)ccnc1Cl. The fraction of sp³-hybridized carbons (Fsp3) is 0.250. The highest BCUT2D eigenvalue weighted by molar-refractivity contribution is 14.1. The number of aromatic nitrogens is 1. The summed E-state index contributed by atoms with van der Waals surface area (Å²) in [5.41, 5.74) is 0.339. The normalized spacial score (nSPS) is 9.77. The average molecular weight is 312 g/mol. The second-order valence-corrected chi connectivity index (χ2v) is 3.70. The van der Waals surface area contributed by atoms with Gasteiger partial charge in [0.1, 0.15) is 10.7 Å². The summed E-state index contributed by atoms with van der Waals surface area (Å²) in [7, 11) is 0. The first-order valence-corrected chi connectivity index (χ1v) is 5.09. The summed E-state index contributed by atoms with van der Waals surface area (Å²) in [5.74, 6) is -0.426. The van der Waals surface area contributed by atoms with Crippen molar-refractivity contribution in [2.24, 2.45) is 0 Å². The van der Waals surface area contributed by atoms with Crippen molar-refractivity contribution < 1.29 is 9.53 Å². The Morgan fingerprint density at radius 2 is 2.46 bits per heavy atom. The van der Waals surface area contributed by atoms with Gasteiger partial charge in [-0.15, -0.1) is 0 Å². The average Bonchev–Trinajstić information content (AvgIpc) is 2.04. The first-order chi connectivity index (χ1) is 6.16. The van der Waals surface area contributed by atoms with Crippen LogP contribution in [0, 0.1) is 3.57 Å². The highest BCUT2D eigenvalue weighted by atomic mass is 127. The standard InChI is InChI=1S/C8H7ClINO2/c1-2-13-8(12)6-5(10)3-4-11-7(6)9/h3-4H,2H2,1H3. The molecule has 0 unspecified atom stereocenters. The van der Waals surface area contributed by atoms with E-state index in [4.69, 9.17) is 16.3 Å². The predicted octanol–water partition coefficient (Wildman–Crippen LogP) is 2.52. The molecular formula is C8H7ClINO2. The molecule has 1 aromatic heterocycles. The van der Waals surface area contributed by atoms with Crippen molar-refractivity contribution in [1.29, 1.82) is 0 Å². The monoisotopic (exact) mass is 311 g/mol. The summed E-state index contributed by atoms with van der Waals surface area (Å²) in [4.78, 5) is 15.1. The molecule has 0 radical (unpaired) electrons. The summed E-state index contributed by atoms with van der Waals surface area (Å²) >= 11 is 7.76. The van der Waals surface area contributed by atoms with E-state index in [1.807, 2.05) is 22.6 Å². The Morgan fingerprint density at radius 1 is 1.77 bits per heavy atom. The number of carbonyl (C=O) groups is 1. The minimum absolute atomic E-state index is 0.186. The number of nitrogens with zero attached hydrogens (tertiary/aromatic N) is 1. The van der Waals surface area contributed by atoms with Gasteiger partial charge in [-0.2, -0.15) is 0 Å². The van der Waals surface area contributed by atoms with E-state index in [1.54, 1.807) is 19.2 Å². The van der Waals surface area contributed by atoms with Gasteiger partial charge in [0.25, 0.3) is 0 Å². The van der Waals surface area contributed by atoms with Gasteiger partial charge in [-0.25, -0.2) is 9.78 Å². The number of halogens is 2. The van der Waals surface area contributed by atoms with E-state index >= 15 is 0 Å². The van der Waals surface area contributed by atoms with Crippen LogP contribution >= 0.6 is 34.2 Å². The Hall–Kier alpha value is -0.360. The van der Waals surface area contributed by atoms with Crippen LogP contribution in [-0.2, 0) is 4.74 Å². The molecule has 0 amide bonds. The van der Waals surface area contributed by atoms with Crippen LogP contribution in [0.1, 0.15) is 17.3 Å². The summed E-state index contributed by atoms with van der Waals surface area (Å²) in [6.45, 7) is 2.08. The van der Waals surface area contributed by atoms with Crippen LogP contribution in [0.2, 0.25) is 5.15 Å². The Kier molecular flexibility index (Phi) is 3.92. The van der Waals surface area contributed by atoms with Gasteiger partial charge in [-0.05, 0) is 35.6 Å². The third kappa shape index (κ3) is 2.54. The molecule has 0 N–H and O–H groups in total. The van der Waals surface area contributed by atoms with E-state index in [0.717, 1.165) is 3.57 Å². The fourth-order valence-corrected chi connectivity index (χ4v) is 1.83. The zero-order valence-electron chi connectivity index (χ0n) is 6.88. The van der Waals surface area contributed by atoms with Gasteiger partial charge in [-0.3, -0.25) is 0 Å². The van der Waals surface area contributed by atoms with E-state index < -0.39 is 5.97 Å². The second kappa shape index (κ2) is 4.76. The van der Waals surface area contributed by atoms with E-state index in [-0.39, 0.29) is 5.15 Å². The lowest BCUT2D eigenvalue weighted by molar-refractivity contribution is 0.0525. The number of hydrogen-bond acceptors (Lipinski definition) is 3. The molecule has 0 aliphatic rings. The van der Waals surface area contributed by atoms with Gasteiger partial charge < -0.3 is 4.74 Å². The van der Waals surface area contributed by atoms with Crippen molar-refractivity contribution in [3.63, 3.8) is 0 Å². The van der Waals surface area contributed by atoms with Crippen LogP contribution < -0.4 is 0 Å². The number of esters is 1. The van der Waals surface area contributed by atoms with Gasteiger partial charge in [0.05, 0.1) is 6.61 Å². The van der Waals surface area contributed by atoms with Crippen molar-refractivity contribution in [2.45, 2.75) is 6.92 Å². The number of pyridine rings is 1. The van der Waals surface area contributed by atoms with E-state index in [0.29, 0.717) is 12.2 Å². The Morgan fingerprint density at radius 3 is 3.00 bits per heavy atom. The zero-order valence-corrected chi connectivity index (χ0v) is 9.79. The molecule has 70 valence electrons. The van der Waals surface area contributed by atoms with Crippen molar-refractivity contribution in [3.8, 4) is 0 Å². The quantitative estimate of drug-likeness (QED) is 0.479. The van der Waals surface area contributed by atoms with Crippen molar-refractivity contribution in [1.82, 2.24) is 4.98 Å². The topological polar surface area (TPSA) is 39.2 Å². The van der Waals surface area contributed by atoms with Crippen molar-refractivity contribution >= 4 is 40.2 Å². The molecule has 0 bridgehead atoms. The van der Waals surface area contributed by atoms with Gasteiger partial charge in [0, 0.05) is 9.77 Å². The predicted molar refractivity (Wildman–Crippen MR) is 57.9 cm³/mol. The molecule has 0 aliphatic heterocycles. The molecule has 13 heavy (non-hydrogen) atoms. The molecule has 0 spiro atoms. The number of carbonyl (C=O) groups excluding carboxylic acids is 1. The smallest absolute Gasteiger partial charge is 0.342 e. The molecular weight excluding hydrogens is 304 g/mol. The van der Waals surface area contributed by atoms with Crippen LogP contribution in [0.25, 0.3) is 0 Å². The van der Waals surface area contributed by atoms with E-state index in [1.165, 1.54) is 0 Å². The molecule has 5 heteroatoms. The molecule has 3 nitrogen and oxygen atoms in total. The maximum Gasteiger partial charge on any atom is 0.342 e. The van der Waals surface area contributed by atoms with Crippen molar-refractivity contribution in [3.05, 3.63) is 26.5 Å². The second-order valence-electron chi connectivity index (χ2n) is 2.18. The molecule has 0 aliphatic carbocycles. The molecule has 0 aromatic carbocycles. The third-order valence-corrected chi connectivity index (χ3v) is 2.52. The fourth-order valence-electron chi connectivity index (χ4n) is 0.800. The maximum absolute atomic E-state index is 11.3. The maximum atomic E-state index is 11.3. The van der Waals surface area contributed by atoms with Gasteiger partial charge in [0.15, 0.2) is 0 Å². The highest BCUT2D eigenvalue weighted by Gasteiger charge is 2.15. The third-order valence-electron chi connectivity index (χ3n) is 1.33. The lowest BCUT2D eigenvalue weighted by atomic mass is 10.3. The van der Waals surface area contributed by atoms with Crippen LogP contribution in [0.4, 0.5) is 0 Å². The van der Waals surface area contributed by atoms with Gasteiger partial charge in [0.2, 0.25) is 0 Å². The summed E-state index contributed by atoms with van der Waals surface area (Å²) in [6.07, 6.45) is 1.55. The molecule has 1 aromatic rings. The molecule has 0 saturated carbocycles. The largest absolute Gasteiger partial charge is 0.462 e. The van der Waals surface area contributed by atoms with Crippen LogP contribution in [0.15, 0.2) is 12.3 Å². The minimum atomic E-state index is -0.426. The Balaban J connectivity index is 3.05. The highest BCUT2D eigenvalue weighted by Crippen LogP contribution is 2.19. The number of ether oxygens (including phenoxy) is 1. The number of rotatable bonds is 2. The van der Waals surface area contributed by atoms with Gasteiger partial charge in [-0.1, -0.05) is 11.6 Å². The zero-order chi connectivity index (χ0) is 9.84. The first kappa shape index (κ1) is 10.7.